The molecule has 0 radical (unpaired) electrons. The minimum absolute atomic E-state index is 0.00222. The van der Waals surface area contributed by atoms with Crippen LogP contribution < -0.4 is 81.4 Å². The maximum Gasteiger partial charge on any atom is 0.245 e. The monoisotopic (exact) mass is 1730 g/mol. The molecule has 666 valence electrons. The van der Waals surface area contributed by atoms with E-state index < -0.39 is 149 Å². The van der Waals surface area contributed by atoms with Crippen molar-refractivity contribution in [2.24, 2.45) is 22.9 Å². The average molecular weight is 1730 g/mol. The third-order valence-electron chi connectivity index (χ3n) is 22.2. The minimum Gasteiger partial charge on any atom is -0.391 e. The van der Waals surface area contributed by atoms with Crippen molar-refractivity contribution in [3.8, 4) is 0 Å². The molecule has 0 aliphatic heterocycles. The number of aromatic amines is 4. The first-order valence-corrected chi connectivity index (χ1v) is 42.6. The quantitative estimate of drug-likeness (QED) is 0.0244. The molecule has 4 aromatic heterocycles. The molecule has 7 aromatic carbocycles. The van der Waals surface area contributed by atoms with Crippen molar-refractivity contribution in [2.45, 2.75) is 182 Å². The molecular weight excluding hydrogens is 1620 g/mol. The average Bonchev–Trinajstić information content (AvgIpc) is 1.71. The third kappa shape index (κ3) is 27.2. The molecule has 0 aliphatic carbocycles. The number of primary amides is 1. The van der Waals surface area contributed by atoms with Crippen LogP contribution in [0.3, 0.4) is 0 Å². The predicted octanol–water partition coefficient (Wildman–Crippen LogP) is 2.90. The number of rotatable bonds is 48. The Balaban J connectivity index is 0.844. The van der Waals surface area contributed by atoms with Gasteiger partial charge >= 0.3 is 0 Å². The summed E-state index contributed by atoms with van der Waals surface area (Å²) in [6, 6.07) is 40.0. The largest absolute Gasteiger partial charge is 0.391 e. The number of imidazole rings is 1. The number of carbonyl (C=O) groups is 12. The van der Waals surface area contributed by atoms with E-state index in [0.29, 0.717) is 68.4 Å². The molecule has 33 nitrogen and oxygen atoms in total. The van der Waals surface area contributed by atoms with Crippen LogP contribution in [-0.4, -0.2) is 193 Å². The number of fused-ring (bicyclic) bond motifs is 3. The van der Waals surface area contributed by atoms with Gasteiger partial charge in [0.2, 0.25) is 70.9 Å². The highest BCUT2D eigenvalue weighted by Gasteiger charge is 2.39. The van der Waals surface area contributed by atoms with Crippen LogP contribution in [0, 0.1) is 0 Å². The first-order valence-electron chi connectivity index (χ1n) is 42.6. The van der Waals surface area contributed by atoms with Crippen molar-refractivity contribution < 1.29 is 62.6 Å². The SMILES string of the molecule is C[C@H](NC(=O)[C@@H](Cc1c[nH]c2ccccc12)NC(=O)[C@@H](N)Cc1cnc[nH]1)C(=O)N[C@@H](Cc1c[nH]c2ccccc12)C(=O)N[C@H](Cc1ccccc1)C(=O)N[C@@H](CCCCN)C(=O)N[C@@H](Cc1ccccc1)C(=O)N[C@@H](Cc1ccccc1)C(=O)N[C@H](Cc1c[nH]c2ccccc12)C(=O)N[C@@H](CCCCN)C(=O)N[C@H](C(=O)N[C@@H](Cc1ccccc1)C(N)=O)[C@@H](C)O. The summed E-state index contributed by atoms with van der Waals surface area (Å²) in [7, 11) is 0. The van der Waals surface area contributed by atoms with Crippen molar-refractivity contribution in [1.82, 2.24) is 83.4 Å². The molecule has 11 aromatic rings. The molecule has 33 heteroatoms. The molecule has 24 N–H and O–H groups in total. The Morgan fingerprint density at radius 1 is 0.331 bits per heavy atom. The Morgan fingerprint density at radius 2 is 0.630 bits per heavy atom. The number of nitrogens with two attached hydrogens (primary N) is 4. The van der Waals surface area contributed by atoms with Crippen LogP contribution in [-0.2, 0) is 109 Å². The van der Waals surface area contributed by atoms with E-state index in [0.717, 1.165) is 21.8 Å². The number of amides is 12. The number of aromatic nitrogens is 5. The van der Waals surface area contributed by atoms with E-state index in [9.17, 15) is 33.9 Å². The maximum atomic E-state index is 15.6. The second-order valence-corrected chi connectivity index (χ2v) is 31.8. The number of aliphatic hydroxyl groups is 1. The first kappa shape index (κ1) is 93.5. The molecule has 0 bridgehead atoms. The summed E-state index contributed by atoms with van der Waals surface area (Å²) in [6.07, 6.45) is 7.06. The zero-order valence-electron chi connectivity index (χ0n) is 70.8. The van der Waals surface area contributed by atoms with Gasteiger partial charge in [0.1, 0.15) is 66.5 Å². The number of nitrogens with zero attached hydrogens (tertiary/aromatic N) is 1. The fourth-order valence-electron chi connectivity index (χ4n) is 15.2. The highest BCUT2D eigenvalue weighted by Crippen LogP contribution is 2.24. The Bertz CT molecular complexity index is 5520. The number of aliphatic hydroxyl groups excluding tert-OH is 1. The Kier molecular flexibility index (Phi) is 34.3. The number of para-hydroxylation sites is 3. The van der Waals surface area contributed by atoms with Crippen LogP contribution in [0.5, 0.6) is 0 Å². The molecular formula is C94H112N20O13. The molecule has 0 unspecified atom stereocenters. The molecule has 11 rings (SSSR count). The zero-order valence-corrected chi connectivity index (χ0v) is 70.8. The second-order valence-electron chi connectivity index (χ2n) is 31.8. The maximum absolute atomic E-state index is 15.6. The van der Waals surface area contributed by atoms with Crippen molar-refractivity contribution >= 4 is 104 Å². The zero-order chi connectivity index (χ0) is 90.3. The van der Waals surface area contributed by atoms with Crippen LogP contribution in [0.1, 0.15) is 97.0 Å². The van der Waals surface area contributed by atoms with Gasteiger partial charge in [-0.05, 0) is 123 Å². The normalized spacial score (nSPS) is 14.4. The molecule has 12 amide bonds. The van der Waals surface area contributed by atoms with Gasteiger partial charge in [-0.15, -0.1) is 0 Å². The lowest BCUT2D eigenvalue weighted by atomic mass is 9.99. The molecule has 13 atom stereocenters. The van der Waals surface area contributed by atoms with Gasteiger partial charge in [0.05, 0.1) is 18.5 Å². The molecule has 0 saturated carbocycles. The summed E-state index contributed by atoms with van der Waals surface area (Å²) in [5.74, 6) is -10.0. The van der Waals surface area contributed by atoms with Gasteiger partial charge < -0.3 is 106 Å². The standard InChI is InChI=1S/C94H112N20O13/c1-56(104-88(121)79(47-62-51-100-70-36-18-15-33-66(62)70)109-85(118)69(97)50-65-54-99-55-103-65)84(117)108-80(48-63-52-101-71-37-19-16-34-67(63)71)93(126)112-76(44-59-27-9-4-10-28-59)89(122)105-73(39-21-23-41-95)86(119)110-77(45-60-29-11-5-12-30-60)90(123)111-78(46-61-31-13-6-14-32-61)91(124)113-81(49-64-53-102-72-38-20-17-35-68(64)72)92(125)106-74(40-22-24-42-96)87(120)114-82(57(2)115)94(127)107-75(83(98)116)43-58-25-7-3-8-26-58/h3-20,25-38,51-57,69,73-82,100-102,115H,21-24,39-50,95-97H2,1-2H3,(H2,98,116)(H,99,103)(H,104,121)(H,105,122)(H,106,125)(H,107,127)(H,108,117)(H,109,118)(H,110,119)(H,111,123)(H,112,126)(H,113,124)(H,114,120)/t56-,57+,69-,73-,74-,75-,76+,77-,78-,79+,80-,81+,82-/m0/s1. The van der Waals surface area contributed by atoms with E-state index in [1.54, 1.807) is 146 Å². The summed E-state index contributed by atoms with van der Waals surface area (Å²) in [4.78, 5) is 194. The minimum atomic E-state index is -1.66. The van der Waals surface area contributed by atoms with E-state index in [4.69, 9.17) is 22.9 Å². The number of unbranched alkanes of at least 4 members (excludes halogenated alkanes) is 2. The van der Waals surface area contributed by atoms with Crippen LogP contribution in [0.15, 0.2) is 225 Å². The van der Waals surface area contributed by atoms with E-state index >= 15 is 28.8 Å². The molecule has 0 fully saturated rings. The fraction of sp³-hybridized carbons (Fsp3) is 0.330. The van der Waals surface area contributed by atoms with Crippen LogP contribution in [0.2, 0.25) is 0 Å². The van der Waals surface area contributed by atoms with E-state index in [1.165, 1.54) is 26.4 Å². The van der Waals surface area contributed by atoms with Gasteiger partial charge in [-0.3, -0.25) is 57.5 Å². The molecule has 127 heavy (non-hydrogen) atoms. The summed E-state index contributed by atoms with van der Waals surface area (Å²) in [5.41, 5.74) is 31.2. The lowest BCUT2D eigenvalue weighted by molar-refractivity contribution is -0.136. The highest BCUT2D eigenvalue weighted by atomic mass is 16.3. The summed E-state index contributed by atoms with van der Waals surface area (Å²) in [6.45, 7) is 3.10. The summed E-state index contributed by atoms with van der Waals surface area (Å²) in [5, 5.41) is 44.0. The van der Waals surface area contributed by atoms with Gasteiger partial charge in [-0.1, -0.05) is 176 Å². The van der Waals surface area contributed by atoms with Crippen molar-refractivity contribution in [3.63, 3.8) is 0 Å². The lowest BCUT2D eigenvalue weighted by Gasteiger charge is -2.29. The van der Waals surface area contributed by atoms with Crippen LogP contribution in [0.4, 0.5) is 0 Å². The highest BCUT2D eigenvalue weighted by molar-refractivity contribution is 6.01. The first-order chi connectivity index (χ1) is 61.4. The Labute approximate surface area is 734 Å². The van der Waals surface area contributed by atoms with Gasteiger partial charge in [-0.25, -0.2) is 4.98 Å². The number of hydrogen-bond donors (Lipinski definition) is 20. The number of hydrogen-bond acceptors (Lipinski definition) is 17. The van der Waals surface area contributed by atoms with Crippen molar-refractivity contribution in [2.75, 3.05) is 13.1 Å². The Hall–Kier alpha value is -14.2. The fourth-order valence-corrected chi connectivity index (χ4v) is 15.2. The number of benzene rings is 7. The summed E-state index contributed by atoms with van der Waals surface area (Å²) >= 11 is 0. The number of nitrogens with one attached hydrogen (secondary N) is 15. The number of H-pyrrole nitrogens is 4. The van der Waals surface area contributed by atoms with Gasteiger partial charge in [0.25, 0.3) is 0 Å². The molecule has 0 saturated heterocycles. The van der Waals surface area contributed by atoms with Gasteiger partial charge in [0, 0.05) is 115 Å². The van der Waals surface area contributed by atoms with Crippen LogP contribution >= 0.6 is 0 Å². The lowest BCUT2D eigenvalue weighted by Crippen LogP contribution is -2.62. The van der Waals surface area contributed by atoms with E-state index in [1.807, 2.05) is 66.7 Å². The second kappa shape index (κ2) is 46.5. The van der Waals surface area contributed by atoms with Crippen molar-refractivity contribution in [3.05, 3.63) is 270 Å². The smallest absolute Gasteiger partial charge is 0.245 e. The Morgan fingerprint density at radius 3 is 0.976 bits per heavy atom. The topological polar surface area (TPSA) is 538 Å². The third-order valence-corrected chi connectivity index (χ3v) is 22.2. The predicted molar refractivity (Wildman–Crippen MR) is 480 cm³/mol. The summed E-state index contributed by atoms with van der Waals surface area (Å²) < 4.78 is 0. The van der Waals surface area contributed by atoms with Gasteiger partial charge in [0.15, 0.2) is 0 Å². The molecule has 0 spiro atoms. The van der Waals surface area contributed by atoms with Crippen molar-refractivity contribution in [1.29, 1.82) is 0 Å². The van der Waals surface area contributed by atoms with Gasteiger partial charge in [-0.2, -0.15) is 0 Å². The number of carbonyl (C=O) groups excluding carboxylic acids is 12. The molecule has 4 heterocycles. The van der Waals surface area contributed by atoms with E-state index in [2.05, 4.69) is 83.4 Å². The van der Waals surface area contributed by atoms with E-state index in [-0.39, 0.29) is 90.1 Å². The molecule has 0 aliphatic rings. The van der Waals surface area contributed by atoms with Crippen LogP contribution in [0.25, 0.3) is 32.7 Å².